The number of nitrogens with one attached hydrogen (secondary N) is 1. The molecule has 7 nitrogen and oxygen atoms in total. The average molecular weight is 333 g/mol. The molecular weight excluding hydrogens is 302 g/mol. The zero-order valence-corrected chi connectivity index (χ0v) is 15.3. The molecule has 1 saturated heterocycles. The van der Waals surface area contributed by atoms with Gasteiger partial charge in [0.05, 0.1) is 0 Å². The van der Waals surface area contributed by atoms with Gasteiger partial charge in [-0.3, -0.25) is 9.89 Å². The Morgan fingerprint density at radius 2 is 1.96 bits per heavy atom. The third kappa shape index (κ3) is 5.63. The molecule has 0 bridgehead atoms. The number of aliphatic imine (C=N–C) groups is 1. The second-order valence-corrected chi connectivity index (χ2v) is 6.13. The van der Waals surface area contributed by atoms with E-state index in [-0.39, 0.29) is 0 Å². The highest BCUT2D eigenvalue weighted by Crippen LogP contribution is 2.09. The molecule has 0 spiro atoms. The quantitative estimate of drug-likeness (QED) is 0.591. The Balaban J connectivity index is 1.67. The van der Waals surface area contributed by atoms with Crippen molar-refractivity contribution >= 4 is 11.9 Å². The summed E-state index contributed by atoms with van der Waals surface area (Å²) in [6, 6.07) is 1.86. The number of hydrogen-bond donors (Lipinski definition) is 1. The van der Waals surface area contributed by atoms with Gasteiger partial charge in [0, 0.05) is 72.3 Å². The Morgan fingerprint density at radius 1 is 1.25 bits per heavy atom. The molecule has 0 aliphatic carbocycles. The van der Waals surface area contributed by atoms with Gasteiger partial charge in [-0.05, 0) is 12.5 Å². The van der Waals surface area contributed by atoms with Gasteiger partial charge in [0.15, 0.2) is 5.96 Å². The number of guanidine groups is 1. The fourth-order valence-electron chi connectivity index (χ4n) is 2.84. The van der Waals surface area contributed by atoms with Gasteiger partial charge >= 0.3 is 0 Å². The first kappa shape index (κ1) is 18.4. The van der Waals surface area contributed by atoms with Crippen molar-refractivity contribution in [2.45, 2.75) is 19.8 Å². The minimum Gasteiger partial charge on any atom is -0.355 e. The molecule has 0 amide bonds. The largest absolute Gasteiger partial charge is 0.355 e. The number of rotatable bonds is 7. The lowest BCUT2D eigenvalue weighted by molar-refractivity contribution is 0.259. The van der Waals surface area contributed by atoms with Crippen LogP contribution >= 0.6 is 0 Å². The van der Waals surface area contributed by atoms with Crippen LogP contribution in [-0.2, 0) is 0 Å². The van der Waals surface area contributed by atoms with Gasteiger partial charge in [-0.1, -0.05) is 13.3 Å². The first-order chi connectivity index (χ1) is 11.7. The summed E-state index contributed by atoms with van der Waals surface area (Å²) in [4.78, 5) is 20.0. The highest BCUT2D eigenvalue weighted by molar-refractivity contribution is 5.79. The van der Waals surface area contributed by atoms with Crippen LogP contribution in [0.25, 0.3) is 0 Å². The monoisotopic (exact) mass is 333 g/mol. The summed E-state index contributed by atoms with van der Waals surface area (Å²) in [7, 11) is 3.95. The maximum atomic E-state index is 4.36. The normalized spacial score (nSPS) is 16.3. The van der Waals surface area contributed by atoms with Crippen LogP contribution < -0.4 is 10.2 Å². The van der Waals surface area contributed by atoms with E-state index in [1.807, 2.05) is 13.1 Å². The van der Waals surface area contributed by atoms with Crippen LogP contribution in [0.1, 0.15) is 19.8 Å². The van der Waals surface area contributed by atoms with Crippen LogP contribution in [-0.4, -0.2) is 85.6 Å². The van der Waals surface area contributed by atoms with E-state index < -0.39 is 0 Å². The molecule has 2 heterocycles. The number of piperazine rings is 1. The third-order valence-corrected chi connectivity index (χ3v) is 4.34. The lowest BCUT2D eigenvalue weighted by atomic mass is 10.3. The molecular formula is C17H31N7. The summed E-state index contributed by atoms with van der Waals surface area (Å²) in [6.45, 7) is 9.27. The maximum absolute atomic E-state index is 4.36. The van der Waals surface area contributed by atoms with Crippen molar-refractivity contribution in [3.05, 3.63) is 18.5 Å². The van der Waals surface area contributed by atoms with Gasteiger partial charge in [-0.25, -0.2) is 9.97 Å². The van der Waals surface area contributed by atoms with Crippen LogP contribution in [0.4, 0.5) is 5.95 Å². The molecule has 1 aromatic rings. The van der Waals surface area contributed by atoms with Gasteiger partial charge in [-0.2, -0.15) is 0 Å². The Morgan fingerprint density at radius 3 is 2.58 bits per heavy atom. The van der Waals surface area contributed by atoms with E-state index in [4.69, 9.17) is 0 Å². The van der Waals surface area contributed by atoms with Crippen LogP contribution in [0.5, 0.6) is 0 Å². The summed E-state index contributed by atoms with van der Waals surface area (Å²) >= 11 is 0. The topological polar surface area (TPSA) is 59.9 Å². The number of aromatic nitrogens is 2. The zero-order valence-electron chi connectivity index (χ0n) is 15.3. The molecule has 1 aliphatic heterocycles. The van der Waals surface area contributed by atoms with Gasteiger partial charge in [-0.15, -0.1) is 0 Å². The van der Waals surface area contributed by atoms with Crippen LogP contribution in [0, 0.1) is 0 Å². The third-order valence-electron chi connectivity index (χ3n) is 4.34. The van der Waals surface area contributed by atoms with Crippen molar-refractivity contribution < 1.29 is 0 Å². The van der Waals surface area contributed by atoms with E-state index in [9.17, 15) is 0 Å². The second kappa shape index (κ2) is 10.1. The second-order valence-electron chi connectivity index (χ2n) is 6.13. The van der Waals surface area contributed by atoms with Crippen molar-refractivity contribution in [1.82, 2.24) is 25.1 Å². The molecule has 7 heteroatoms. The lowest BCUT2D eigenvalue weighted by Gasteiger charge is -2.34. The van der Waals surface area contributed by atoms with E-state index in [1.54, 1.807) is 12.4 Å². The average Bonchev–Trinajstić information content (AvgIpc) is 2.64. The number of nitrogens with zero attached hydrogens (tertiary/aromatic N) is 6. The molecule has 1 aromatic heterocycles. The first-order valence-electron chi connectivity index (χ1n) is 8.90. The Labute approximate surface area is 145 Å². The molecule has 0 saturated carbocycles. The Bertz CT molecular complexity index is 483. The zero-order chi connectivity index (χ0) is 17.2. The predicted molar refractivity (Wildman–Crippen MR) is 99.6 cm³/mol. The highest BCUT2D eigenvalue weighted by atomic mass is 15.3. The Hall–Kier alpha value is -1.89. The molecule has 0 aromatic carbocycles. The van der Waals surface area contributed by atoms with Crippen molar-refractivity contribution in [2.75, 3.05) is 64.8 Å². The lowest BCUT2D eigenvalue weighted by Crippen LogP contribution is -2.50. The molecule has 134 valence electrons. The summed E-state index contributed by atoms with van der Waals surface area (Å²) in [6.07, 6.45) is 6.01. The SMILES string of the molecule is CCCCN(C)C(=NC)NCCN1CCN(c2ncccn2)CC1. The van der Waals surface area contributed by atoms with E-state index in [1.165, 1.54) is 12.8 Å². The van der Waals surface area contributed by atoms with Crippen molar-refractivity contribution in [3.63, 3.8) is 0 Å². The van der Waals surface area contributed by atoms with Crippen LogP contribution in [0.15, 0.2) is 23.5 Å². The standard InChI is InChI=1S/C17H31N7/c1-4-5-10-22(3)16(18-2)21-9-11-23-12-14-24(15-13-23)17-19-7-6-8-20-17/h6-8H,4-5,9-15H2,1-3H3,(H,18,21). The summed E-state index contributed by atoms with van der Waals surface area (Å²) in [5.74, 6) is 1.83. The molecule has 1 fully saturated rings. The van der Waals surface area contributed by atoms with E-state index in [2.05, 4.69) is 48.9 Å². The van der Waals surface area contributed by atoms with Gasteiger partial charge in [0.1, 0.15) is 0 Å². The Kier molecular flexibility index (Phi) is 7.74. The minimum absolute atomic E-state index is 0.841. The van der Waals surface area contributed by atoms with Crippen molar-refractivity contribution in [1.29, 1.82) is 0 Å². The molecule has 1 N–H and O–H groups in total. The molecule has 24 heavy (non-hydrogen) atoms. The molecule has 1 aliphatic rings. The van der Waals surface area contributed by atoms with Crippen LogP contribution in [0.2, 0.25) is 0 Å². The molecule has 2 rings (SSSR count). The predicted octanol–water partition coefficient (Wildman–Crippen LogP) is 0.906. The fraction of sp³-hybridized carbons (Fsp3) is 0.706. The van der Waals surface area contributed by atoms with E-state index in [0.29, 0.717) is 0 Å². The van der Waals surface area contributed by atoms with Crippen molar-refractivity contribution in [2.24, 2.45) is 4.99 Å². The number of unbranched alkanes of at least 4 members (excludes halogenated alkanes) is 1. The molecule has 0 radical (unpaired) electrons. The maximum Gasteiger partial charge on any atom is 0.225 e. The van der Waals surface area contributed by atoms with Gasteiger partial charge < -0.3 is 15.1 Å². The molecule has 0 atom stereocenters. The summed E-state index contributed by atoms with van der Waals surface area (Å²) in [5, 5.41) is 3.46. The van der Waals surface area contributed by atoms with Gasteiger partial charge in [0.25, 0.3) is 0 Å². The van der Waals surface area contributed by atoms with E-state index >= 15 is 0 Å². The minimum atomic E-state index is 0.841. The summed E-state index contributed by atoms with van der Waals surface area (Å²) in [5.41, 5.74) is 0. The number of anilines is 1. The highest BCUT2D eigenvalue weighted by Gasteiger charge is 2.18. The van der Waals surface area contributed by atoms with Crippen LogP contribution in [0.3, 0.4) is 0 Å². The van der Waals surface area contributed by atoms with Gasteiger partial charge in [0.2, 0.25) is 5.95 Å². The number of hydrogen-bond acceptors (Lipinski definition) is 5. The fourth-order valence-corrected chi connectivity index (χ4v) is 2.84. The van der Waals surface area contributed by atoms with E-state index in [0.717, 1.165) is 57.7 Å². The van der Waals surface area contributed by atoms with Crippen molar-refractivity contribution in [3.8, 4) is 0 Å². The smallest absolute Gasteiger partial charge is 0.225 e. The first-order valence-corrected chi connectivity index (χ1v) is 8.90. The molecule has 0 unspecified atom stereocenters. The summed E-state index contributed by atoms with van der Waals surface area (Å²) < 4.78 is 0.